The van der Waals surface area contributed by atoms with Crippen LogP contribution in [0.15, 0.2) is 205 Å². The molecule has 8 aromatic carbocycles. The second-order valence-corrected chi connectivity index (χ2v) is 15.1. The van der Waals surface area contributed by atoms with Crippen molar-refractivity contribution in [1.29, 1.82) is 0 Å². The second-order valence-electron chi connectivity index (χ2n) is 15.1. The summed E-state index contributed by atoms with van der Waals surface area (Å²) in [5, 5.41) is 10.2. The maximum Gasteiger partial charge on any atom is -0.00262 e. The predicted octanol–water partition coefficient (Wildman–Crippen LogP) is 16.3. The van der Waals surface area contributed by atoms with E-state index in [0.717, 1.165) is 6.42 Å². The fourth-order valence-electron chi connectivity index (χ4n) is 8.69. The van der Waals surface area contributed by atoms with Crippen LogP contribution in [0.3, 0.4) is 0 Å². The predicted molar refractivity (Wildman–Crippen MR) is 245 cm³/mol. The average Bonchev–Trinajstić information content (AvgIpc) is 3.27. The molecule has 10 rings (SSSR count). The first-order valence-electron chi connectivity index (χ1n) is 20.0. The van der Waals surface area contributed by atoms with Crippen LogP contribution in [-0.2, 0) is 0 Å². The van der Waals surface area contributed by atoms with Gasteiger partial charge >= 0.3 is 0 Å². The van der Waals surface area contributed by atoms with E-state index in [1.807, 2.05) is 26.0 Å². The molecule has 0 radical (unpaired) electrons. The first-order valence-corrected chi connectivity index (χ1v) is 20.0. The fraction of sp³-hybridized carbons (Fsp3) is 0.107. The van der Waals surface area contributed by atoms with Crippen LogP contribution in [0.2, 0.25) is 0 Å². The Kier molecular flexibility index (Phi) is 9.64. The van der Waals surface area contributed by atoms with Crippen LogP contribution in [-0.4, -0.2) is 0 Å². The number of fused-ring (bicyclic) bond motifs is 4. The normalized spacial score (nSPS) is 14.1. The number of hydrogen-bond acceptors (Lipinski definition) is 0. The van der Waals surface area contributed by atoms with Crippen molar-refractivity contribution in [1.82, 2.24) is 0 Å². The molecule has 270 valence electrons. The summed E-state index contributed by atoms with van der Waals surface area (Å²) >= 11 is 0. The lowest BCUT2D eigenvalue weighted by atomic mass is 9.82. The molecule has 0 N–H and O–H groups in total. The summed E-state index contributed by atoms with van der Waals surface area (Å²) in [7, 11) is 0. The van der Waals surface area contributed by atoms with E-state index in [9.17, 15) is 0 Å². The molecule has 0 aliphatic heterocycles. The van der Waals surface area contributed by atoms with Gasteiger partial charge in [-0.1, -0.05) is 175 Å². The van der Waals surface area contributed by atoms with Gasteiger partial charge in [-0.15, -0.1) is 0 Å². The van der Waals surface area contributed by atoms with Gasteiger partial charge in [-0.05, 0) is 157 Å². The maximum atomic E-state index is 3.56. The summed E-state index contributed by atoms with van der Waals surface area (Å²) in [5.41, 5.74) is 14.6. The van der Waals surface area contributed by atoms with Gasteiger partial charge in [0.25, 0.3) is 0 Å². The third-order valence-corrected chi connectivity index (χ3v) is 11.7. The van der Waals surface area contributed by atoms with Gasteiger partial charge in [0.1, 0.15) is 0 Å². The molecule has 2 aliphatic carbocycles. The minimum atomic E-state index is 1.14. The number of rotatable bonds is 5. The molecular weight excluding hydrogens is 673 g/mol. The zero-order chi connectivity index (χ0) is 38.0. The zero-order valence-electron chi connectivity index (χ0n) is 32.4. The lowest BCUT2D eigenvalue weighted by Crippen LogP contribution is -2.02. The molecule has 0 heteroatoms. The van der Waals surface area contributed by atoms with E-state index >= 15 is 0 Å². The van der Waals surface area contributed by atoms with Crippen molar-refractivity contribution in [2.24, 2.45) is 0 Å². The standard InChI is InChI=1S/C50H36.C6H10/c1-2-13-35-31-42(28-23-33(35)11-1)50-47-20-7-5-18-45(47)49(46-19-6-8-21-48(46)50)41-16-9-15-36(32-41)37-24-25-39-30-40(27-26-38(39)29-37)44-22-10-14-34-12-3-4-17-43(34)44;1-4-6(3)5-2/h1-2,4-9,11,13,15-32H,3,10,12,14H2;4-5H,1H2,2-3H3/b;6-5+. The Morgan fingerprint density at radius 1 is 0.500 bits per heavy atom. The lowest BCUT2D eigenvalue weighted by Gasteiger charge is -2.23. The van der Waals surface area contributed by atoms with Gasteiger partial charge in [0.05, 0.1) is 0 Å². The molecule has 56 heavy (non-hydrogen) atoms. The summed E-state index contributed by atoms with van der Waals surface area (Å²) < 4.78 is 0. The Hall–Kier alpha value is -6.50. The van der Waals surface area contributed by atoms with E-state index in [4.69, 9.17) is 0 Å². The smallest absolute Gasteiger partial charge is 0.00262 e. The van der Waals surface area contributed by atoms with Gasteiger partial charge in [-0.3, -0.25) is 0 Å². The van der Waals surface area contributed by atoms with Crippen molar-refractivity contribution >= 4 is 48.7 Å². The third-order valence-electron chi connectivity index (χ3n) is 11.7. The highest BCUT2D eigenvalue weighted by molar-refractivity contribution is 6.21. The summed E-state index contributed by atoms with van der Waals surface area (Å²) in [6.45, 7) is 7.58. The molecule has 0 amide bonds. The molecule has 0 saturated heterocycles. The van der Waals surface area contributed by atoms with E-state index < -0.39 is 0 Å². The summed E-state index contributed by atoms with van der Waals surface area (Å²) in [6, 6.07) is 56.5. The molecule has 0 saturated carbocycles. The molecule has 0 fully saturated rings. The van der Waals surface area contributed by atoms with Crippen molar-refractivity contribution < 1.29 is 0 Å². The summed E-state index contributed by atoms with van der Waals surface area (Å²) in [6.07, 6.45) is 15.7. The van der Waals surface area contributed by atoms with Crippen LogP contribution in [0.4, 0.5) is 0 Å². The summed E-state index contributed by atoms with van der Waals surface area (Å²) in [5.74, 6) is 0. The van der Waals surface area contributed by atoms with Crippen molar-refractivity contribution in [3.63, 3.8) is 0 Å². The van der Waals surface area contributed by atoms with Crippen LogP contribution in [0.25, 0.3) is 82.0 Å². The molecule has 2 aliphatic rings. The molecule has 8 aromatic rings. The van der Waals surface area contributed by atoms with Gasteiger partial charge in [0.2, 0.25) is 0 Å². The van der Waals surface area contributed by atoms with Crippen LogP contribution in [0.1, 0.15) is 45.1 Å². The molecule has 0 atom stereocenters. The van der Waals surface area contributed by atoms with Crippen LogP contribution in [0.5, 0.6) is 0 Å². The molecule has 0 unspecified atom stereocenters. The number of hydrogen-bond donors (Lipinski definition) is 0. The van der Waals surface area contributed by atoms with E-state index in [-0.39, 0.29) is 0 Å². The monoisotopic (exact) mass is 718 g/mol. The first-order chi connectivity index (χ1) is 27.6. The van der Waals surface area contributed by atoms with Gasteiger partial charge in [-0.25, -0.2) is 0 Å². The molecule has 0 heterocycles. The van der Waals surface area contributed by atoms with Crippen molar-refractivity contribution in [3.05, 3.63) is 211 Å². The Morgan fingerprint density at radius 2 is 1.00 bits per heavy atom. The molecule has 0 bridgehead atoms. The van der Waals surface area contributed by atoms with Crippen molar-refractivity contribution in [2.45, 2.75) is 39.5 Å². The van der Waals surface area contributed by atoms with Crippen molar-refractivity contribution in [3.8, 4) is 33.4 Å². The minimum Gasteiger partial charge on any atom is -0.0988 e. The molecule has 0 spiro atoms. The van der Waals surface area contributed by atoms with Gasteiger partial charge in [0.15, 0.2) is 0 Å². The van der Waals surface area contributed by atoms with Crippen LogP contribution >= 0.6 is 0 Å². The van der Waals surface area contributed by atoms with Gasteiger partial charge in [-0.2, -0.15) is 0 Å². The Labute approximate surface area is 331 Å². The Morgan fingerprint density at radius 3 is 1.66 bits per heavy atom. The quantitative estimate of drug-likeness (QED) is 0.123. The first kappa shape index (κ1) is 35.2. The van der Waals surface area contributed by atoms with E-state index in [0.29, 0.717) is 0 Å². The van der Waals surface area contributed by atoms with Crippen molar-refractivity contribution in [2.75, 3.05) is 0 Å². The topological polar surface area (TPSA) is 0 Å². The average molecular weight is 719 g/mol. The molecule has 0 aromatic heterocycles. The SMILES string of the molecule is C1=CC2=C(CC1)CCC=C2c1ccc2cc(-c3cccc(-c4c5ccccc5c(-c5ccc6ccccc6c5)c5ccccc45)c3)ccc2c1.C=C/C(C)=C/C. The number of benzene rings is 8. The second kappa shape index (κ2) is 15.3. The lowest BCUT2D eigenvalue weighted by molar-refractivity contribution is 0.834. The summed E-state index contributed by atoms with van der Waals surface area (Å²) in [4.78, 5) is 0. The molecular formula is C56H46. The highest BCUT2D eigenvalue weighted by Gasteiger charge is 2.19. The maximum absolute atomic E-state index is 3.56. The van der Waals surface area contributed by atoms with Crippen LogP contribution < -0.4 is 0 Å². The van der Waals surface area contributed by atoms with E-state index in [1.54, 1.807) is 5.57 Å². The Bertz CT molecular complexity index is 2880. The number of allylic oxidation sites excluding steroid dienone is 9. The highest BCUT2D eigenvalue weighted by atomic mass is 14.2. The minimum absolute atomic E-state index is 1.14. The van der Waals surface area contributed by atoms with Gasteiger partial charge in [0, 0.05) is 0 Å². The van der Waals surface area contributed by atoms with Gasteiger partial charge < -0.3 is 0 Å². The third kappa shape index (κ3) is 6.63. The highest BCUT2D eigenvalue weighted by Crippen LogP contribution is 2.45. The van der Waals surface area contributed by atoms with Crippen LogP contribution in [0, 0.1) is 0 Å². The fourth-order valence-corrected chi connectivity index (χ4v) is 8.69. The zero-order valence-corrected chi connectivity index (χ0v) is 32.4. The van der Waals surface area contributed by atoms with E-state index in [2.05, 4.69) is 176 Å². The Balaban J connectivity index is 0.000000636. The van der Waals surface area contributed by atoms with E-state index in [1.165, 1.54) is 118 Å². The molecule has 0 nitrogen and oxygen atoms in total. The largest absolute Gasteiger partial charge is 0.0988 e.